The number of amides is 2. The summed E-state index contributed by atoms with van der Waals surface area (Å²) in [5.74, 6) is 0.230. The second-order valence-electron chi connectivity index (χ2n) is 5.13. The van der Waals surface area contributed by atoms with E-state index in [2.05, 4.69) is 5.32 Å². The van der Waals surface area contributed by atoms with Crippen LogP contribution in [0.4, 0.5) is 10.5 Å². The molecule has 0 saturated carbocycles. The number of rotatable bonds is 5. The van der Waals surface area contributed by atoms with Gasteiger partial charge in [-0.25, -0.2) is 0 Å². The van der Waals surface area contributed by atoms with E-state index in [0.717, 1.165) is 22.9 Å². The molecule has 25 heavy (non-hydrogen) atoms. The van der Waals surface area contributed by atoms with E-state index in [9.17, 15) is 19.7 Å². The molecule has 1 aliphatic heterocycles. The SMILES string of the molecule is O=C1NC(=O)/C(=C\c2ccc(OCc3ccc([N+](=O)[O-])cc3)cc2)S1. The van der Waals surface area contributed by atoms with Crippen molar-refractivity contribution in [1.29, 1.82) is 0 Å². The molecule has 126 valence electrons. The number of benzene rings is 2. The van der Waals surface area contributed by atoms with Crippen LogP contribution >= 0.6 is 11.8 Å². The monoisotopic (exact) mass is 356 g/mol. The highest BCUT2D eigenvalue weighted by atomic mass is 32.2. The summed E-state index contributed by atoms with van der Waals surface area (Å²) in [6.45, 7) is 0.283. The number of nitro groups is 1. The molecule has 7 nitrogen and oxygen atoms in total. The predicted octanol–water partition coefficient (Wildman–Crippen LogP) is 3.50. The van der Waals surface area contributed by atoms with Gasteiger partial charge in [-0.1, -0.05) is 12.1 Å². The molecule has 0 aliphatic carbocycles. The lowest BCUT2D eigenvalue weighted by Crippen LogP contribution is -2.17. The van der Waals surface area contributed by atoms with Crippen LogP contribution in [0.3, 0.4) is 0 Å². The molecule has 0 aromatic heterocycles. The highest BCUT2D eigenvalue weighted by Crippen LogP contribution is 2.26. The molecule has 0 unspecified atom stereocenters. The molecule has 0 bridgehead atoms. The summed E-state index contributed by atoms with van der Waals surface area (Å²) >= 11 is 0.866. The van der Waals surface area contributed by atoms with Crippen molar-refractivity contribution in [3.05, 3.63) is 74.7 Å². The van der Waals surface area contributed by atoms with Crippen molar-refractivity contribution in [3.63, 3.8) is 0 Å². The second kappa shape index (κ2) is 7.18. The molecular formula is C17H12N2O5S. The average Bonchev–Trinajstić information content (AvgIpc) is 2.92. The summed E-state index contributed by atoms with van der Waals surface area (Å²) in [5.41, 5.74) is 1.62. The zero-order chi connectivity index (χ0) is 17.8. The molecule has 1 heterocycles. The number of imide groups is 1. The van der Waals surface area contributed by atoms with Crippen LogP contribution in [0.5, 0.6) is 5.75 Å². The lowest BCUT2D eigenvalue weighted by molar-refractivity contribution is -0.384. The van der Waals surface area contributed by atoms with E-state index in [-0.39, 0.29) is 17.5 Å². The number of nitro benzene ring substituents is 1. The van der Waals surface area contributed by atoms with Crippen LogP contribution in [0.15, 0.2) is 53.4 Å². The van der Waals surface area contributed by atoms with Crippen LogP contribution in [-0.4, -0.2) is 16.1 Å². The van der Waals surface area contributed by atoms with E-state index >= 15 is 0 Å². The Morgan fingerprint density at radius 2 is 1.76 bits per heavy atom. The molecule has 1 N–H and O–H groups in total. The van der Waals surface area contributed by atoms with Crippen LogP contribution in [0.2, 0.25) is 0 Å². The minimum Gasteiger partial charge on any atom is -0.489 e. The van der Waals surface area contributed by atoms with Crippen molar-refractivity contribution in [2.24, 2.45) is 0 Å². The number of carbonyl (C=O) groups excluding carboxylic acids is 2. The summed E-state index contributed by atoms with van der Waals surface area (Å²) in [7, 11) is 0. The van der Waals surface area contributed by atoms with E-state index in [0.29, 0.717) is 10.7 Å². The topological polar surface area (TPSA) is 98.5 Å². The lowest BCUT2D eigenvalue weighted by Gasteiger charge is -2.06. The molecule has 0 spiro atoms. The fourth-order valence-corrected chi connectivity index (χ4v) is 2.80. The Bertz CT molecular complexity index is 860. The first kappa shape index (κ1) is 16.7. The van der Waals surface area contributed by atoms with Gasteiger partial charge in [-0.3, -0.25) is 25.0 Å². The molecule has 0 radical (unpaired) electrons. The molecule has 2 amide bonds. The number of nitrogens with one attached hydrogen (secondary N) is 1. The van der Waals surface area contributed by atoms with E-state index in [1.54, 1.807) is 42.5 Å². The fourth-order valence-electron chi connectivity index (χ4n) is 2.11. The first-order valence-corrected chi connectivity index (χ1v) is 8.04. The van der Waals surface area contributed by atoms with Crippen LogP contribution in [0.25, 0.3) is 6.08 Å². The Labute approximate surface area is 146 Å². The van der Waals surface area contributed by atoms with Crippen molar-refractivity contribution < 1.29 is 19.2 Å². The maximum absolute atomic E-state index is 11.5. The molecule has 2 aromatic rings. The van der Waals surface area contributed by atoms with Gasteiger partial charge in [0.1, 0.15) is 12.4 Å². The molecule has 1 fully saturated rings. The first-order chi connectivity index (χ1) is 12.0. The summed E-state index contributed by atoms with van der Waals surface area (Å²) in [6, 6.07) is 13.2. The maximum atomic E-state index is 11.5. The predicted molar refractivity (Wildman–Crippen MR) is 93.0 cm³/mol. The van der Waals surface area contributed by atoms with Gasteiger partial charge in [-0.15, -0.1) is 0 Å². The Kier molecular flexibility index (Phi) is 4.80. The molecule has 3 rings (SSSR count). The lowest BCUT2D eigenvalue weighted by atomic mass is 10.2. The van der Waals surface area contributed by atoms with Crippen molar-refractivity contribution in [2.45, 2.75) is 6.61 Å². The van der Waals surface area contributed by atoms with Crippen LogP contribution in [0.1, 0.15) is 11.1 Å². The largest absolute Gasteiger partial charge is 0.489 e. The fraction of sp³-hybridized carbons (Fsp3) is 0.0588. The number of non-ortho nitro benzene ring substituents is 1. The third kappa shape index (κ3) is 4.24. The Hall–Kier alpha value is -3.13. The third-order valence-electron chi connectivity index (χ3n) is 3.37. The highest BCUT2D eigenvalue weighted by molar-refractivity contribution is 8.18. The smallest absolute Gasteiger partial charge is 0.290 e. The molecule has 1 aliphatic rings. The Balaban J connectivity index is 1.61. The van der Waals surface area contributed by atoms with Gasteiger partial charge in [-0.2, -0.15) is 0 Å². The zero-order valence-corrected chi connectivity index (χ0v) is 13.6. The van der Waals surface area contributed by atoms with E-state index in [4.69, 9.17) is 4.74 Å². The normalized spacial score (nSPS) is 15.3. The van der Waals surface area contributed by atoms with Crippen molar-refractivity contribution in [1.82, 2.24) is 5.32 Å². The van der Waals surface area contributed by atoms with Crippen LogP contribution in [0, 0.1) is 10.1 Å². The van der Waals surface area contributed by atoms with Gasteiger partial charge in [0.2, 0.25) is 0 Å². The zero-order valence-electron chi connectivity index (χ0n) is 12.8. The van der Waals surface area contributed by atoms with Crippen molar-refractivity contribution in [2.75, 3.05) is 0 Å². The van der Waals surface area contributed by atoms with Gasteiger partial charge in [-0.05, 0) is 53.2 Å². The number of thioether (sulfide) groups is 1. The average molecular weight is 356 g/mol. The molecule has 1 saturated heterocycles. The standard InChI is InChI=1S/C17H12N2O5S/c20-16-15(25-17(21)18-16)9-11-3-7-14(8-4-11)24-10-12-1-5-13(6-2-12)19(22)23/h1-9H,10H2,(H,18,20,21)/b15-9+. The van der Waals surface area contributed by atoms with Crippen LogP contribution in [-0.2, 0) is 11.4 Å². The van der Waals surface area contributed by atoms with Gasteiger partial charge < -0.3 is 4.74 Å². The van der Waals surface area contributed by atoms with E-state index in [1.165, 1.54) is 12.1 Å². The van der Waals surface area contributed by atoms with Crippen LogP contribution < -0.4 is 10.1 Å². The minimum absolute atomic E-state index is 0.0356. The summed E-state index contributed by atoms with van der Waals surface area (Å²) < 4.78 is 5.63. The van der Waals surface area contributed by atoms with Gasteiger partial charge in [0.15, 0.2) is 0 Å². The molecule has 2 aromatic carbocycles. The van der Waals surface area contributed by atoms with Gasteiger partial charge >= 0.3 is 0 Å². The summed E-state index contributed by atoms with van der Waals surface area (Å²) in [4.78, 5) is 33.1. The number of nitrogens with zero attached hydrogens (tertiary/aromatic N) is 1. The number of hydrogen-bond acceptors (Lipinski definition) is 6. The summed E-state index contributed by atoms with van der Waals surface area (Å²) in [6.07, 6.45) is 1.63. The number of carbonyl (C=O) groups is 2. The minimum atomic E-state index is -0.450. The van der Waals surface area contributed by atoms with Gasteiger partial charge in [0.05, 0.1) is 9.83 Å². The van der Waals surface area contributed by atoms with E-state index in [1.807, 2.05) is 0 Å². The molecule has 0 atom stereocenters. The van der Waals surface area contributed by atoms with Gasteiger partial charge in [0, 0.05) is 12.1 Å². The Morgan fingerprint density at radius 1 is 1.08 bits per heavy atom. The highest BCUT2D eigenvalue weighted by Gasteiger charge is 2.24. The third-order valence-corrected chi connectivity index (χ3v) is 4.18. The summed E-state index contributed by atoms with van der Waals surface area (Å²) in [5, 5.41) is 12.4. The molecular weight excluding hydrogens is 344 g/mol. The van der Waals surface area contributed by atoms with Gasteiger partial charge in [0.25, 0.3) is 16.8 Å². The van der Waals surface area contributed by atoms with Crippen molar-refractivity contribution >= 4 is 34.7 Å². The van der Waals surface area contributed by atoms with Crippen molar-refractivity contribution in [3.8, 4) is 5.75 Å². The number of ether oxygens (including phenoxy) is 1. The van der Waals surface area contributed by atoms with E-state index < -0.39 is 10.8 Å². The first-order valence-electron chi connectivity index (χ1n) is 7.22. The Morgan fingerprint density at radius 3 is 2.32 bits per heavy atom. The second-order valence-corrected chi connectivity index (χ2v) is 6.15. The maximum Gasteiger partial charge on any atom is 0.290 e. The molecule has 8 heteroatoms. The number of hydrogen-bond donors (Lipinski definition) is 1. The quantitative estimate of drug-likeness (QED) is 0.500.